The Morgan fingerprint density at radius 2 is 1.89 bits per heavy atom. The quantitative estimate of drug-likeness (QED) is 0.830. The number of alkyl halides is 2. The van der Waals surface area contributed by atoms with Crippen molar-refractivity contribution < 1.29 is 26.5 Å². The van der Waals surface area contributed by atoms with Crippen LogP contribution in [0.2, 0.25) is 0 Å². The Kier molecular flexibility index (Phi) is 5.66. The second-order valence-corrected chi connectivity index (χ2v) is 8.28. The zero-order valence-corrected chi connectivity index (χ0v) is 16.2. The summed E-state index contributed by atoms with van der Waals surface area (Å²) in [7, 11) is -3.77. The molecule has 28 heavy (non-hydrogen) atoms. The summed E-state index contributed by atoms with van der Waals surface area (Å²) in [6.07, 6.45) is -2.63. The van der Waals surface area contributed by atoms with Crippen LogP contribution in [0.4, 0.5) is 19.3 Å². The third kappa shape index (κ3) is 3.99. The monoisotopic (exact) mass is 414 g/mol. The number of nitrogens with zero attached hydrogens (tertiary/aromatic N) is 3. The maximum absolute atomic E-state index is 12.8. The molecular weight excluding hydrogens is 394 g/mol. The van der Waals surface area contributed by atoms with E-state index in [1.165, 1.54) is 40.4 Å². The van der Waals surface area contributed by atoms with Gasteiger partial charge in [0.05, 0.1) is 0 Å². The first-order valence-corrected chi connectivity index (χ1v) is 10.0. The highest BCUT2D eigenvalue weighted by Crippen LogP contribution is 2.25. The number of urea groups is 1. The number of piperazine rings is 1. The molecule has 0 atom stereocenters. The smallest absolute Gasteiger partial charge is 0.321 e. The molecule has 2 aromatic rings. The number of aryl methyl sites for hydroxylation is 2. The summed E-state index contributed by atoms with van der Waals surface area (Å²) in [4.78, 5) is 13.9. The molecule has 1 fully saturated rings. The van der Waals surface area contributed by atoms with E-state index in [0.717, 1.165) is 0 Å². The first kappa shape index (κ1) is 20.2. The lowest BCUT2D eigenvalue weighted by Gasteiger charge is -2.33. The molecule has 8 nitrogen and oxygen atoms in total. The van der Waals surface area contributed by atoms with E-state index in [-0.39, 0.29) is 53.8 Å². The topological polar surface area (TPSA) is 95.8 Å². The van der Waals surface area contributed by atoms with Gasteiger partial charge >= 0.3 is 6.03 Å². The number of carbonyl (C=O) groups excluding carboxylic acids is 1. The molecule has 1 aliphatic rings. The lowest BCUT2D eigenvalue weighted by Crippen LogP contribution is -2.51. The number of rotatable bonds is 4. The van der Waals surface area contributed by atoms with Gasteiger partial charge in [0.15, 0.2) is 5.76 Å². The SMILES string of the molecule is Cc1noc(C)c1S(=O)(=O)N1CCN(C(=O)Nc2cccc(C(F)F)c2)CC1. The van der Waals surface area contributed by atoms with Gasteiger partial charge in [0.1, 0.15) is 10.6 Å². The van der Waals surface area contributed by atoms with E-state index < -0.39 is 22.5 Å². The summed E-state index contributed by atoms with van der Waals surface area (Å²) >= 11 is 0. The van der Waals surface area contributed by atoms with Crippen molar-refractivity contribution in [2.24, 2.45) is 0 Å². The van der Waals surface area contributed by atoms with Gasteiger partial charge in [0.2, 0.25) is 10.0 Å². The van der Waals surface area contributed by atoms with Crippen molar-refractivity contribution in [3.63, 3.8) is 0 Å². The van der Waals surface area contributed by atoms with Crippen molar-refractivity contribution in [2.45, 2.75) is 25.2 Å². The van der Waals surface area contributed by atoms with Gasteiger partial charge in [-0.25, -0.2) is 22.0 Å². The van der Waals surface area contributed by atoms with Crippen molar-refractivity contribution in [1.29, 1.82) is 0 Å². The molecule has 11 heteroatoms. The molecule has 0 saturated carbocycles. The lowest BCUT2D eigenvalue weighted by molar-refractivity contribution is 0.151. The molecule has 2 heterocycles. The Labute approximate surface area is 161 Å². The van der Waals surface area contributed by atoms with Gasteiger partial charge in [-0.2, -0.15) is 4.31 Å². The minimum Gasteiger partial charge on any atom is -0.360 e. The van der Waals surface area contributed by atoms with Crippen molar-refractivity contribution >= 4 is 21.7 Å². The van der Waals surface area contributed by atoms with Crippen LogP contribution in [0, 0.1) is 13.8 Å². The summed E-state index contributed by atoms with van der Waals surface area (Å²) in [5.74, 6) is 0.219. The average Bonchev–Trinajstić information content (AvgIpc) is 3.01. The summed E-state index contributed by atoms with van der Waals surface area (Å²) < 4.78 is 57.3. The van der Waals surface area contributed by atoms with Gasteiger partial charge in [-0.05, 0) is 26.0 Å². The van der Waals surface area contributed by atoms with Crippen LogP contribution in [-0.4, -0.2) is 55.0 Å². The maximum atomic E-state index is 12.8. The van der Waals surface area contributed by atoms with Gasteiger partial charge in [-0.1, -0.05) is 17.3 Å². The lowest BCUT2D eigenvalue weighted by atomic mass is 10.2. The molecule has 3 rings (SSSR count). The molecule has 2 amide bonds. The number of hydrogen-bond donors (Lipinski definition) is 1. The number of carbonyl (C=O) groups is 1. The molecule has 0 unspecified atom stereocenters. The number of benzene rings is 1. The maximum Gasteiger partial charge on any atom is 0.321 e. The summed E-state index contributed by atoms with van der Waals surface area (Å²) in [6.45, 7) is 3.64. The predicted molar refractivity (Wildman–Crippen MR) is 96.7 cm³/mol. The largest absolute Gasteiger partial charge is 0.360 e. The van der Waals surface area contributed by atoms with Crippen LogP contribution in [0.15, 0.2) is 33.7 Å². The minimum atomic E-state index is -3.77. The number of sulfonamides is 1. The Morgan fingerprint density at radius 1 is 1.21 bits per heavy atom. The predicted octanol–water partition coefficient (Wildman–Crippen LogP) is 2.77. The van der Waals surface area contributed by atoms with Crippen LogP contribution < -0.4 is 5.32 Å². The van der Waals surface area contributed by atoms with E-state index in [0.29, 0.717) is 0 Å². The van der Waals surface area contributed by atoms with Crippen LogP contribution >= 0.6 is 0 Å². The third-order valence-corrected chi connectivity index (χ3v) is 6.63. The van der Waals surface area contributed by atoms with Crippen molar-refractivity contribution in [2.75, 3.05) is 31.5 Å². The van der Waals surface area contributed by atoms with Gasteiger partial charge in [-0.15, -0.1) is 0 Å². The number of aromatic nitrogens is 1. The molecule has 1 aromatic carbocycles. The molecule has 0 bridgehead atoms. The van der Waals surface area contributed by atoms with E-state index in [4.69, 9.17) is 4.52 Å². The molecule has 1 aliphatic heterocycles. The summed E-state index contributed by atoms with van der Waals surface area (Å²) in [5.41, 5.74) is 0.360. The first-order chi connectivity index (χ1) is 13.2. The standard InChI is InChI=1S/C17H20F2N4O4S/c1-11-15(12(2)27-21-11)28(25,26)23-8-6-22(7-9-23)17(24)20-14-5-3-4-13(10-14)16(18)19/h3-5,10,16H,6-9H2,1-2H3,(H,20,24). The Morgan fingerprint density at radius 3 is 2.46 bits per heavy atom. The number of halogens is 2. The van der Waals surface area contributed by atoms with Gasteiger partial charge in [-0.3, -0.25) is 0 Å². The fourth-order valence-corrected chi connectivity index (χ4v) is 4.77. The normalized spacial score (nSPS) is 15.8. The van der Waals surface area contributed by atoms with E-state index >= 15 is 0 Å². The zero-order valence-electron chi connectivity index (χ0n) is 15.4. The van der Waals surface area contributed by atoms with Crippen LogP contribution in [0.25, 0.3) is 0 Å². The number of nitrogens with one attached hydrogen (secondary N) is 1. The van der Waals surface area contributed by atoms with Crippen molar-refractivity contribution in [1.82, 2.24) is 14.4 Å². The number of anilines is 1. The molecule has 0 radical (unpaired) electrons. The molecule has 1 aromatic heterocycles. The van der Waals surface area contributed by atoms with E-state index in [9.17, 15) is 22.0 Å². The third-order valence-electron chi connectivity index (χ3n) is 4.48. The van der Waals surface area contributed by atoms with Crippen LogP contribution in [0.5, 0.6) is 0 Å². The van der Waals surface area contributed by atoms with Crippen molar-refractivity contribution in [3.8, 4) is 0 Å². The minimum absolute atomic E-state index is 0.0502. The number of amides is 2. The van der Waals surface area contributed by atoms with Crippen LogP contribution in [-0.2, 0) is 10.0 Å². The van der Waals surface area contributed by atoms with E-state index in [1.54, 1.807) is 6.92 Å². The van der Waals surface area contributed by atoms with E-state index in [2.05, 4.69) is 10.5 Å². The van der Waals surface area contributed by atoms with Gasteiger partial charge in [0, 0.05) is 37.4 Å². The highest BCUT2D eigenvalue weighted by atomic mass is 32.2. The van der Waals surface area contributed by atoms with Crippen molar-refractivity contribution in [3.05, 3.63) is 41.3 Å². The van der Waals surface area contributed by atoms with Crippen LogP contribution in [0.3, 0.4) is 0 Å². The molecule has 1 N–H and O–H groups in total. The number of hydrogen-bond acceptors (Lipinski definition) is 5. The highest BCUT2D eigenvalue weighted by molar-refractivity contribution is 7.89. The second kappa shape index (κ2) is 7.84. The average molecular weight is 414 g/mol. The van der Waals surface area contributed by atoms with E-state index in [1.807, 2.05) is 0 Å². The molecule has 0 spiro atoms. The molecule has 152 valence electrons. The molecular formula is C17H20F2N4O4S. The van der Waals surface area contributed by atoms with Gasteiger partial charge in [0.25, 0.3) is 6.43 Å². The summed E-state index contributed by atoms with van der Waals surface area (Å²) in [5, 5.41) is 6.24. The molecule has 1 saturated heterocycles. The Bertz CT molecular complexity index is 950. The summed E-state index contributed by atoms with van der Waals surface area (Å²) in [6, 6.07) is 4.97. The second-order valence-electron chi connectivity index (χ2n) is 6.40. The zero-order chi connectivity index (χ0) is 20.5. The fraction of sp³-hybridized carbons (Fsp3) is 0.412. The Balaban J connectivity index is 1.64. The Hall–Kier alpha value is -2.53. The first-order valence-electron chi connectivity index (χ1n) is 8.57. The van der Waals surface area contributed by atoms with Crippen LogP contribution in [0.1, 0.15) is 23.4 Å². The van der Waals surface area contributed by atoms with Gasteiger partial charge < -0.3 is 14.7 Å². The fourth-order valence-electron chi connectivity index (χ4n) is 3.06. The molecule has 0 aliphatic carbocycles. The highest BCUT2D eigenvalue weighted by Gasteiger charge is 2.34.